The molecule has 166 valence electrons. The van der Waals surface area contributed by atoms with E-state index in [-0.39, 0.29) is 11.6 Å². The van der Waals surface area contributed by atoms with E-state index in [4.69, 9.17) is 5.10 Å². The second-order valence-corrected chi connectivity index (χ2v) is 8.40. The molecule has 0 aliphatic carbocycles. The fourth-order valence-electron chi connectivity index (χ4n) is 4.42. The van der Waals surface area contributed by atoms with E-state index < -0.39 is 0 Å². The predicted molar refractivity (Wildman–Crippen MR) is 126 cm³/mol. The van der Waals surface area contributed by atoms with Crippen LogP contribution in [0.4, 0.5) is 4.39 Å². The molecule has 4 aromatic rings. The standard InChI is InChI=1S/C27H25FN4O/c28-23-11-9-20(10-12-23)24-18-25(32(30-24)27-8-4-5-15-29-27)21-13-16-31(17-14-21)19-26(33)22-6-2-1-3-7-22/h1-12,15,18,21H,13-14,16-17,19H2. The Balaban J connectivity index is 1.35. The van der Waals surface area contributed by atoms with E-state index in [1.54, 1.807) is 18.3 Å². The van der Waals surface area contributed by atoms with Gasteiger partial charge in [-0.15, -0.1) is 0 Å². The van der Waals surface area contributed by atoms with Crippen molar-refractivity contribution in [2.45, 2.75) is 18.8 Å². The Kier molecular flexibility index (Phi) is 6.09. The average Bonchev–Trinajstić information content (AvgIpc) is 3.31. The molecule has 5 nitrogen and oxygen atoms in total. The van der Waals surface area contributed by atoms with Gasteiger partial charge in [-0.05, 0) is 68.4 Å². The summed E-state index contributed by atoms with van der Waals surface area (Å²) in [6.45, 7) is 2.14. The maximum Gasteiger partial charge on any atom is 0.176 e. The van der Waals surface area contributed by atoms with Gasteiger partial charge in [-0.2, -0.15) is 5.10 Å². The highest BCUT2D eigenvalue weighted by molar-refractivity contribution is 5.97. The third kappa shape index (κ3) is 4.76. The minimum absolute atomic E-state index is 0.158. The van der Waals surface area contributed by atoms with Gasteiger partial charge in [-0.25, -0.2) is 14.1 Å². The lowest BCUT2D eigenvalue weighted by atomic mass is 9.92. The van der Waals surface area contributed by atoms with Gasteiger partial charge < -0.3 is 0 Å². The quantitative estimate of drug-likeness (QED) is 0.390. The summed E-state index contributed by atoms with van der Waals surface area (Å²) in [6, 6.07) is 23.8. The summed E-state index contributed by atoms with van der Waals surface area (Å²) < 4.78 is 15.3. The summed E-state index contributed by atoms with van der Waals surface area (Å²) in [5.74, 6) is 0.964. The molecule has 0 N–H and O–H groups in total. The number of likely N-dealkylation sites (tertiary alicyclic amines) is 1. The van der Waals surface area contributed by atoms with Crippen LogP contribution >= 0.6 is 0 Å². The lowest BCUT2D eigenvalue weighted by Gasteiger charge is -2.31. The maximum absolute atomic E-state index is 13.4. The number of piperidine rings is 1. The Labute approximate surface area is 192 Å². The monoisotopic (exact) mass is 440 g/mol. The minimum atomic E-state index is -0.263. The van der Waals surface area contributed by atoms with Crippen molar-refractivity contribution in [3.63, 3.8) is 0 Å². The van der Waals surface area contributed by atoms with Crippen LogP contribution in [0, 0.1) is 5.82 Å². The average molecular weight is 441 g/mol. The van der Waals surface area contributed by atoms with E-state index in [9.17, 15) is 9.18 Å². The maximum atomic E-state index is 13.4. The largest absolute Gasteiger partial charge is 0.296 e. The molecule has 1 saturated heterocycles. The first-order valence-corrected chi connectivity index (χ1v) is 11.3. The topological polar surface area (TPSA) is 51.0 Å². The number of ketones is 1. The van der Waals surface area contributed by atoms with Crippen LogP contribution in [0.15, 0.2) is 85.1 Å². The van der Waals surface area contributed by atoms with Gasteiger partial charge in [0.2, 0.25) is 0 Å². The zero-order valence-corrected chi connectivity index (χ0v) is 18.3. The highest BCUT2D eigenvalue weighted by atomic mass is 19.1. The molecule has 0 amide bonds. The van der Waals surface area contributed by atoms with Gasteiger partial charge in [0.25, 0.3) is 0 Å². The number of carbonyl (C=O) groups is 1. The van der Waals surface area contributed by atoms with Crippen molar-refractivity contribution in [2.75, 3.05) is 19.6 Å². The van der Waals surface area contributed by atoms with Crippen molar-refractivity contribution in [3.05, 3.63) is 102 Å². The van der Waals surface area contributed by atoms with E-state index >= 15 is 0 Å². The second-order valence-electron chi connectivity index (χ2n) is 8.40. The molecule has 6 heteroatoms. The highest BCUT2D eigenvalue weighted by Crippen LogP contribution is 2.32. The molecule has 1 aliphatic rings. The molecule has 0 atom stereocenters. The number of halogens is 1. The molecule has 1 fully saturated rings. The fourth-order valence-corrected chi connectivity index (χ4v) is 4.42. The summed E-state index contributed by atoms with van der Waals surface area (Å²) >= 11 is 0. The van der Waals surface area contributed by atoms with Crippen molar-refractivity contribution in [3.8, 4) is 17.1 Å². The molecule has 2 aromatic carbocycles. The van der Waals surface area contributed by atoms with Crippen LogP contribution < -0.4 is 0 Å². The molecule has 2 aromatic heterocycles. The van der Waals surface area contributed by atoms with E-state index in [2.05, 4.69) is 16.0 Å². The van der Waals surface area contributed by atoms with Crippen molar-refractivity contribution in [1.82, 2.24) is 19.7 Å². The Hall–Kier alpha value is -3.64. The molecular weight excluding hydrogens is 415 g/mol. The van der Waals surface area contributed by atoms with Crippen LogP contribution in [0.2, 0.25) is 0 Å². The van der Waals surface area contributed by atoms with Crippen molar-refractivity contribution in [2.24, 2.45) is 0 Å². The predicted octanol–water partition coefficient (Wildman–Crippen LogP) is 5.14. The number of rotatable bonds is 6. The first-order valence-electron chi connectivity index (χ1n) is 11.3. The Morgan fingerprint density at radius 1 is 0.939 bits per heavy atom. The van der Waals surface area contributed by atoms with Crippen LogP contribution in [0.1, 0.15) is 34.8 Å². The van der Waals surface area contributed by atoms with Gasteiger partial charge in [0.05, 0.1) is 12.2 Å². The molecule has 0 saturated carbocycles. The molecule has 3 heterocycles. The molecule has 5 rings (SSSR count). The molecule has 0 unspecified atom stereocenters. The SMILES string of the molecule is O=C(CN1CCC(c2cc(-c3ccc(F)cc3)nn2-c2ccccn2)CC1)c1ccccc1. The molecule has 33 heavy (non-hydrogen) atoms. The summed E-state index contributed by atoms with van der Waals surface area (Å²) in [5, 5.41) is 4.83. The van der Waals surface area contributed by atoms with Crippen molar-refractivity contribution in [1.29, 1.82) is 0 Å². The smallest absolute Gasteiger partial charge is 0.176 e. The third-order valence-electron chi connectivity index (χ3n) is 6.21. The van der Waals surface area contributed by atoms with Crippen LogP contribution in [0.5, 0.6) is 0 Å². The molecule has 0 bridgehead atoms. The highest BCUT2D eigenvalue weighted by Gasteiger charge is 2.26. The van der Waals surface area contributed by atoms with E-state index in [1.807, 2.05) is 53.2 Å². The summed E-state index contributed by atoms with van der Waals surface area (Å²) in [5.41, 5.74) is 3.54. The number of nitrogens with zero attached hydrogens (tertiary/aromatic N) is 4. The van der Waals surface area contributed by atoms with Gasteiger partial charge in [0, 0.05) is 28.9 Å². The van der Waals surface area contributed by atoms with E-state index in [0.717, 1.165) is 54.3 Å². The number of pyridine rings is 1. The molecule has 0 spiro atoms. The third-order valence-corrected chi connectivity index (χ3v) is 6.21. The van der Waals surface area contributed by atoms with Gasteiger partial charge in [-0.3, -0.25) is 9.69 Å². The van der Waals surface area contributed by atoms with E-state index in [0.29, 0.717) is 12.5 Å². The number of Topliss-reactive ketones (excluding diaryl/α,β-unsaturated/α-hetero) is 1. The first-order chi connectivity index (χ1) is 16.2. The Bertz CT molecular complexity index is 1210. The lowest BCUT2D eigenvalue weighted by molar-refractivity contribution is 0.0908. The number of benzene rings is 2. The lowest BCUT2D eigenvalue weighted by Crippen LogP contribution is -2.37. The summed E-state index contributed by atoms with van der Waals surface area (Å²) in [4.78, 5) is 19.3. The number of hydrogen-bond acceptors (Lipinski definition) is 4. The van der Waals surface area contributed by atoms with Gasteiger partial charge in [-0.1, -0.05) is 36.4 Å². The van der Waals surface area contributed by atoms with Gasteiger partial charge >= 0.3 is 0 Å². The zero-order valence-electron chi connectivity index (χ0n) is 18.3. The van der Waals surface area contributed by atoms with Gasteiger partial charge in [0.15, 0.2) is 11.6 Å². The minimum Gasteiger partial charge on any atom is -0.296 e. The second kappa shape index (κ2) is 9.46. The van der Waals surface area contributed by atoms with Crippen molar-refractivity contribution >= 4 is 5.78 Å². The Morgan fingerprint density at radius 2 is 1.67 bits per heavy atom. The van der Waals surface area contributed by atoms with Gasteiger partial charge in [0.1, 0.15) is 5.82 Å². The van der Waals surface area contributed by atoms with E-state index in [1.165, 1.54) is 12.1 Å². The molecular formula is C27H25FN4O. The van der Waals surface area contributed by atoms with Crippen LogP contribution in [0.3, 0.4) is 0 Å². The van der Waals surface area contributed by atoms with Crippen molar-refractivity contribution < 1.29 is 9.18 Å². The number of hydrogen-bond donors (Lipinski definition) is 0. The fraction of sp³-hybridized carbons (Fsp3) is 0.222. The van der Waals surface area contributed by atoms with Crippen LogP contribution in [0.25, 0.3) is 17.1 Å². The first kappa shape index (κ1) is 21.2. The number of carbonyl (C=O) groups excluding carboxylic acids is 1. The normalized spacial score (nSPS) is 14.9. The molecule has 1 aliphatic heterocycles. The summed E-state index contributed by atoms with van der Waals surface area (Å²) in [6.07, 6.45) is 3.63. The van der Waals surface area contributed by atoms with Crippen LogP contribution in [-0.4, -0.2) is 45.1 Å². The number of aromatic nitrogens is 3. The Morgan fingerprint density at radius 3 is 2.36 bits per heavy atom. The zero-order chi connectivity index (χ0) is 22.6. The van der Waals surface area contributed by atoms with Crippen LogP contribution in [-0.2, 0) is 0 Å². The summed E-state index contributed by atoms with van der Waals surface area (Å²) in [7, 11) is 0. The molecule has 0 radical (unpaired) electrons.